The van der Waals surface area contributed by atoms with E-state index in [1.54, 1.807) is 60.7 Å². The smallest absolute Gasteiger partial charge is 0.329 e. The third-order valence-corrected chi connectivity index (χ3v) is 4.78. The summed E-state index contributed by atoms with van der Waals surface area (Å²) < 4.78 is 5.50. The molecule has 0 aromatic heterocycles. The van der Waals surface area contributed by atoms with Crippen LogP contribution in [0, 0.1) is 0 Å². The molecule has 0 fully saturated rings. The predicted molar refractivity (Wildman–Crippen MR) is 132 cm³/mol. The molecular weight excluding hydrogens is 456 g/mol. The van der Waals surface area contributed by atoms with Crippen LogP contribution in [0.5, 0.6) is 5.75 Å². The third kappa shape index (κ3) is 7.75. The standard InChI is InChI=1S/C25H23ClN4O4/c1-2-17-9-11-20(12-10-17)29-24(32)25(33)30-27-15-18-5-3-8-22(13-18)34-16-23(31)28-21-7-4-6-19(26)14-21/h3-15H,2,16H2,1H3,(H,28,31)(H,29,32)(H,30,33)/b27-15-. The molecule has 34 heavy (non-hydrogen) atoms. The second kappa shape index (κ2) is 12.2. The van der Waals surface area contributed by atoms with E-state index in [4.69, 9.17) is 16.3 Å². The molecule has 0 saturated carbocycles. The molecular formula is C25H23ClN4O4. The number of amides is 3. The van der Waals surface area contributed by atoms with Crippen LogP contribution in [0.3, 0.4) is 0 Å². The molecule has 0 saturated heterocycles. The number of nitrogens with zero attached hydrogens (tertiary/aromatic N) is 1. The van der Waals surface area contributed by atoms with E-state index < -0.39 is 11.8 Å². The lowest BCUT2D eigenvalue weighted by molar-refractivity contribution is -0.136. The predicted octanol–water partition coefficient (Wildman–Crippen LogP) is 4.01. The van der Waals surface area contributed by atoms with Crippen molar-refractivity contribution in [2.75, 3.05) is 17.2 Å². The third-order valence-electron chi connectivity index (χ3n) is 4.54. The van der Waals surface area contributed by atoms with Gasteiger partial charge in [0, 0.05) is 16.4 Å². The molecule has 3 N–H and O–H groups in total. The molecule has 0 unspecified atom stereocenters. The van der Waals surface area contributed by atoms with E-state index in [-0.39, 0.29) is 12.5 Å². The molecule has 8 nitrogen and oxygen atoms in total. The molecule has 3 aromatic carbocycles. The highest BCUT2D eigenvalue weighted by Gasteiger charge is 2.12. The van der Waals surface area contributed by atoms with E-state index in [0.717, 1.165) is 12.0 Å². The molecule has 0 heterocycles. The van der Waals surface area contributed by atoms with Crippen LogP contribution >= 0.6 is 11.6 Å². The van der Waals surface area contributed by atoms with Crippen molar-refractivity contribution in [2.45, 2.75) is 13.3 Å². The number of halogens is 1. The summed E-state index contributed by atoms with van der Waals surface area (Å²) in [6.07, 6.45) is 2.24. The number of hydrogen-bond acceptors (Lipinski definition) is 5. The first-order valence-corrected chi connectivity index (χ1v) is 10.8. The van der Waals surface area contributed by atoms with Gasteiger partial charge in [-0.1, -0.05) is 48.9 Å². The molecule has 0 bridgehead atoms. The zero-order valence-corrected chi connectivity index (χ0v) is 19.1. The largest absolute Gasteiger partial charge is 0.484 e. The van der Waals surface area contributed by atoms with Crippen LogP contribution in [0.2, 0.25) is 5.02 Å². The first kappa shape index (κ1) is 24.5. The van der Waals surface area contributed by atoms with Crippen molar-refractivity contribution in [1.29, 1.82) is 0 Å². The molecule has 0 radical (unpaired) electrons. The monoisotopic (exact) mass is 478 g/mol. The van der Waals surface area contributed by atoms with Crippen molar-refractivity contribution < 1.29 is 19.1 Å². The van der Waals surface area contributed by atoms with E-state index in [0.29, 0.717) is 27.7 Å². The number of nitrogens with one attached hydrogen (secondary N) is 3. The van der Waals surface area contributed by atoms with E-state index >= 15 is 0 Å². The zero-order valence-electron chi connectivity index (χ0n) is 18.4. The van der Waals surface area contributed by atoms with Gasteiger partial charge >= 0.3 is 11.8 Å². The minimum absolute atomic E-state index is 0.205. The van der Waals surface area contributed by atoms with Gasteiger partial charge in [-0.25, -0.2) is 5.43 Å². The van der Waals surface area contributed by atoms with Gasteiger partial charge < -0.3 is 15.4 Å². The minimum atomic E-state index is -0.902. The van der Waals surface area contributed by atoms with Crippen LogP contribution in [0.25, 0.3) is 0 Å². The fourth-order valence-electron chi connectivity index (χ4n) is 2.82. The van der Waals surface area contributed by atoms with E-state index in [9.17, 15) is 14.4 Å². The molecule has 3 rings (SSSR count). The summed E-state index contributed by atoms with van der Waals surface area (Å²) in [6.45, 7) is 1.82. The number of carbonyl (C=O) groups is 3. The Labute approximate surface area is 202 Å². The number of ether oxygens (including phenoxy) is 1. The van der Waals surface area contributed by atoms with Crippen LogP contribution in [0.15, 0.2) is 77.9 Å². The molecule has 0 aliphatic heterocycles. The molecule has 0 spiro atoms. The minimum Gasteiger partial charge on any atom is -0.484 e. The van der Waals surface area contributed by atoms with Gasteiger partial charge in [-0.05, 0) is 60.0 Å². The average molecular weight is 479 g/mol. The van der Waals surface area contributed by atoms with Crippen molar-refractivity contribution in [2.24, 2.45) is 5.10 Å². The van der Waals surface area contributed by atoms with Crippen LogP contribution in [-0.2, 0) is 20.8 Å². The van der Waals surface area contributed by atoms with E-state index in [2.05, 4.69) is 21.2 Å². The molecule has 174 valence electrons. The van der Waals surface area contributed by atoms with Gasteiger partial charge in [-0.2, -0.15) is 5.10 Å². The first-order chi connectivity index (χ1) is 16.4. The van der Waals surface area contributed by atoms with Crippen LogP contribution in [0.4, 0.5) is 11.4 Å². The number of anilines is 2. The van der Waals surface area contributed by atoms with Gasteiger partial charge in [0.1, 0.15) is 5.75 Å². The Hall–Kier alpha value is -4.17. The number of benzene rings is 3. The Morgan fingerprint density at radius 3 is 2.41 bits per heavy atom. The summed E-state index contributed by atoms with van der Waals surface area (Å²) >= 11 is 5.90. The maximum absolute atomic E-state index is 12.1. The molecule has 0 aliphatic carbocycles. The summed E-state index contributed by atoms with van der Waals surface area (Å²) in [7, 11) is 0. The van der Waals surface area contributed by atoms with Crippen molar-refractivity contribution in [3.05, 3.63) is 88.9 Å². The van der Waals surface area contributed by atoms with E-state index in [1.165, 1.54) is 6.21 Å². The van der Waals surface area contributed by atoms with E-state index in [1.807, 2.05) is 19.1 Å². The fraction of sp³-hybridized carbons (Fsp3) is 0.120. The normalized spacial score (nSPS) is 10.5. The van der Waals surface area contributed by atoms with Crippen LogP contribution in [-0.4, -0.2) is 30.5 Å². The molecule has 3 aromatic rings. The average Bonchev–Trinajstić information content (AvgIpc) is 2.83. The maximum Gasteiger partial charge on any atom is 0.329 e. The highest BCUT2D eigenvalue weighted by molar-refractivity contribution is 6.39. The summed E-state index contributed by atoms with van der Waals surface area (Å²) in [6, 6.07) is 20.8. The Balaban J connectivity index is 1.47. The topological polar surface area (TPSA) is 109 Å². The highest BCUT2D eigenvalue weighted by Crippen LogP contribution is 2.16. The zero-order chi connectivity index (χ0) is 24.3. The van der Waals surface area contributed by atoms with Crippen molar-refractivity contribution in [3.8, 4) is 5.75 Å². The number of carbonyl (C=O) groups excluding carboxylic acids is 3. The fourth-order valence-corrected chi connectivity index (χ4v) is 3.01. The molecule has 0 aliphatic rings. The van der Waals surface area contributed by atoms with Gasteiger partial charge in [0.05, 0.1) is 6.21 Å². The van der Waals surface area contributed by atoms with Gasteiger partial charge in [0.15, 0.2) is 6.61 Å². The lowest BCUT2D eigenvalue weighted by atomic mass is 10.1. The van der Waals surface area contributed by atoms with Crippen molar-refractivity contribution in [1.82, 2.24) is 5.43 Å². The number of hydrazone groups is 1. The highest BCUT2D eigenvalue weighted by atomic mass is 35.5. The Bertz CT molecular complexity index is 1200. The lowest BCUT2D eigenvalue weighted by Crippen LogP contribution is -2.32. The SMILES string of the molecule is CCc1ccc(NC(=O)C(=O)N/N=C\c2cccc(OCC(=O)Nc3cccc(Cl)c3)c2)cc1. The number of rotatable bonds is 8. The van der Waals surface area contributed by atoms with Crippen LogP contribution < -0.4 is 20.8 Å². The van der Waals surface area contributed by atoms with Gasteiger partial charge in [0.2, 0.25) is 0 Å². The van der Waals surface area contributed by atoms with Gasteiger partial charge in [0.25, 0.3) is 5.91 Å². The Morgan fingerprint density at radius 2 is 1.68 bits per heavy atom. The summed E-state index contributed by atoms with van der Waals surface area (Å²) in [5.74, 6) is -1.64. The summed E-state index contributed by atoms with van der Waals surface area (Å²) in [4.78, 5) is 36.0. The number of aryl methyl sites for hydroxylation is 1. The molecule has 9 heteroatoms. The molecule has 3 amide bonds. The quantitative estimate of drug-likeness (QED) is 0.258. The Morgan fingerprint density at radius 1 is 0.912 bits per heavy atom. The Kier molecular flexibility index (Phi) is 8.76. The van der Waals surface area contributed by atoms with Gasteiger partial charge in [-0.3, -0.25) is 14.4 Å². The molecule has 0 atom stereocenters. The van der Waals surface area contributed by atoms with Gasteiger partial charge in [-0.15, -0.1) is 0 Å². The van der Waals surface area contributed by atoms with Crippen LogP contribution in [0.1, 0.15) is 18.1 Å². The van der Waals surface area contributed by atoms with Crippen molar-refractivity contribution >= 4 is 46.9 Å². The van der Waals surface area contributed by atoms with Crippen molar-refractivity contribution in [3.63, 3.8) is 0 Å². The summed E-state index contributed by atoms with van der Waals surface area (Å²) in [5, 5.41) is 9.51. The summed E-state index contributed by atoms with van der Waals surface area (Å²) in [5.41, 5.74) is 4.99. The first-order valence-electron chi connectivity index (χ1n) is 10.4. The lowest BCUT2D eigenvalue weighted by Gasteiger charge is -2.08. The second-order valence-electron chi connectivity index (χ2n) is 7.12. The second-order valence-corrected chi connectivity index (χ2v) is 7.56. The maximum atomic E-state index is 12.1. The number of hydrogen-bond donors (Lipinski definition) is 3.